The van der Waals surface area contributed by atoms with Crippen molar-refractivity contribution in [3.63, 3.8) is 0 Å². The molecule has 0 atom stereocenters. The summed E-state index contributed by atoms with van der Waals surface area (Å²) in [6.45, 7) is 0. The van der Waals surface area contributed by atoms with Gasteiger partial charge in [0.25, 0.3) is 0 Å². The highest BCUT2D eigenvalue weighted by Crippen LogP contribution is 2.40. The van der Waals surface area contributed by atoms with Gasteiger partial charge >= 0.3 is 0 Å². The second-order valence-electron chi connectivity index (χ2n) is 14.5. The van der Waals surface area contributed by atoms with Gasteiger partial charge in [0.15, 0.2) is 17.5 Å². The third-order valence-corrected chi connectivity index (χ3v) is 11.0. The van der Waals surface area contributed by atoms with Gasteiger partial charge in [0.2, 0.25) is 0 Å². The maximum absolute atomic E-state index is 9.16. The van der Waals surface area contributed by atoms with Gasteiger partial charge in [-0.3, -0.25) is 4.98 Å². The molecule has 0 radical (unpaired) electrons. The van der Waals surface area contributed by atoms with Crippen LogP contribution in [0.25, 0.3) is 117 Å². The molecule has 0 aliphatic heterocycles. The largest absolute Gasteiger partial charge is 0.455 e. The quantitative estimate of drug-likeness (QED) is 0.168. The predicted molar refractivity (Wildman–Crippen MR) is 244 cm³/mol. The van der Waals surface area contributed by atoms with E-state index in [0.29, 0.717) is 34.0 Å². The Balaban J connectivity index is 1.08. The maximum atomic E-state index is 9.16. The Morgan fingerprint density at radius 1 is 0.450 bits per heavy atom. The van der Waals surface area contributed by atoms with Gasteiger partial charge in [-0.15, -0.1) is 0 Å². The molecule has 0 amide bonds. The smallest absolute Gasteiger partial charge is 0.166 e. The van der Waals surface area contributed by atoms with E-state index in [1.165, 1.54) is 6.07 Å². The van der Waals surface area contributed by atoms with Crippen LogP contribution in [0.15, 0.2) is 205 Å². The summed E-state index contributed by atoms with van der Waals surface area (Å²) in [6.07, 6.45) is 1.74. The molecule has 6 heteroatoms. The van der Waals surface area contributed by atoms with Crippen molar-refractivity contribution < 1.29 is 14.0 Å². The number of nitrogens with zero attached hydrogens (tertiary/aromatic N) is 5. The summed E-state index contributed by atoms with van der Waals surface area (Å²) in [5.41, 5.74) is 8.86. The molecule has 0 spiro atoms. The predicted octanol–water partition coefficient (Wildman–Crippen LogP) is 13.8. The van der Waals surface area contributed by atoms with E-state index in [9.17, 15) is 0 Å². The van der Waals surface area contributed by atoms with Crippen LogP contribution in [0.4, 0.5) is 0 Å². The van der Waals surface area contributed by atoms with Crippen LogP contribution in [0.3, 0.4) is 0 Å². The van der Waals surface area contributed by atoms with Crippen molar-refractivity contribution in [1.82, 2.24) is 24.5 Å². The number of hydrogen-bond donors (Lipinski definition) is 0. The lowest BCUT2D eigenvalue weighted by Gasteiger charge is -2.15. The highest BCUT2D eigenvalue weighted by Gasteiger charge is 2.20. The summed E-state index contributed by atoms with van der Waals surface area (Å²) in [4.78, 5) is 19.9. The first-order valence-electron chi connectivity index (χ1n) is 23.0. The van der Waals surface area contributed by atoms with Crippen molar-refractivity contribution >= 4 is 54.6 Å². The molecule has 8 aromatic carbocycles. The molecule has 0 bridgehead atoms. The standard InChI is InChI=1S/C54H33N5O/c1-2-13-34(14-3-1)35-27-29-50-45(33-35)43-22-11-21-40(51(43)60-50)36-15-10-16-38(31-36)52-56-53(39-26-28-46-37(32-39)17-12-30-55-46)58-54(57-52)44-20-6-9-25-49(44)59-47-23-7-4-18-41(47)42-19-5-8-24-48(42)59/h1-33H/i4D,5D,7D,18D,19D,23D,24D. The fraction of sp³-hybridized carbons (Fsp3) is 0. The first-order valence-corrected chi connectivity index (χ1v) is 19.5. The van der Waals surface area contributed by atoms with Gasteiger partial charge in [-0.2, -0.15) is 0 Å². The molecule has 0 unspecified atom stereocenters. The molecule has 12 aromatic rings. The van der Waals surface area contributed by atoms with Gasteiger partial charge in [-0.25, -0.2) is 15.0 Å². The molecule has 0 fully saturated rings. The second kappa shape index (κ2) is 13.7. The monoisotopic (exact) mass is 774 g/mol. The van der Waals surface area contributed by atoms with Gasteiger partial charge in [0.1, 0.15) is 11.2 Å². The molecular formula is C54H33N5O. The van der Waals surface area contributed by atoms with Crippen molar-refractivity contribution in [1.29, 1.82) is 0 Å². The van der Waals surface area contributed by atoms with E-state index < -0.39 is 12.1 Å². The van der Waals surface area contributed by atoms with Crippen molar-refractivity contribution in [2.24, 2.45) is 0 Å². The van der Waals surface area contributed by atoms with Gasteiger partial charge < -0.3 is 8.98 Å². The lowest BCUT2D eigenvalue weighted by atomic mass is 9.99. The van der Waals surface area contributed by atoms with Gasteiger partial charge in [0.05, 0.1) is 31.8 Å². The van der Waals surface area contributed by atoms with Gasteiger partial charge in [-0.1, -0.05) is 127 Å². The molecule has 12 rings (SSSR count). The topological polar surface area (TPSA) is 69.6 Å². The minimum atomic E-state index is -0.473. The zero-order valence-electron chi connectivity index (χ0n) is 38.7. The number of benzene rings is 8. The summed E-state index contributed by atoms with van der Waals surface area (Å²) in [7, 11) is 0. The Kier molecular flexibility index (Phi) is 6.27. The fourth-order valence-corrected chi connectivity index (χ4v) is 8.20. The van der Waals surface area contributed by atoms with Crippen LogP contribution in [0.5, 0.6) is 0 Å². The molecule has 60 heavy (non-hydrogen) atoms. The van der Waals surface area contributed by atoms with E-state index in [2.05, 4.69) is 35.3 Å². The Morgan fingerprint density at radius 3 is 2.08 bits per heavy atom. The normalized spacial score (nSPS) is 13.3. The highest BCUT2D eigenvalue weighted by atomic mass is 16.3. The molecule has 0 saturated heterocycles. The van der Waals surface area contributed by atoms with E-state index in [4.69, 9.17) is 29.0 Å². The van der Waals surface area contributed by atoms with Crippen molar-refractivity contribution in [3.8, 4) is 62.1 Å². The first-order chi connectivity index (χ1) is 32.6. The Hall–Kier alpha value is -8.22. The van der Waals surface area contributed by atoms with Crippen LogP contribution < -0.4 is 0 Å². The van der Waals surface area contributed by atoms with Crippen LogP contribution in [0.2, 0.25) is 0 Å². The molecule has 4 heterocycles. The van der Waals surface area contributed by atoms with Crippen molar-refractivity contribution in [2.75, 3.05) is 0 Å². The molecule has 0 aliphatic rings. The van der Waals surface area contributed by atoms with Crippen molar-refractivity contribution in [2.45, 2.75) is 0 Å². The number of fused-ring (bicyclic) bond motifs is 7. The zero-order valence-corrected chi connectivity index (χ0v) is 31.7. The number of para-hydroxylation sites is 4. The van der Waals surface area contributed by atoms with Crippen molar-refractivity contribution in [3.05, 3.63) is 200 Å². The Morgan fingerprint density at radius 2 is 1.17 bits per heavy atom. The highest BCUT2D eigenvalue weighted by molar-refractivity contribution is 6.11. The summed E-state index contributed by atoms with van der Waals surface area (Å²) < 4.78 is 70.2. The number of furan rings is 1. The summed E-state index contributed by atoms with van der Waals surface area (Å²) >= 11 is 0. The number of aromatic nitrogens is 5. The minimum Gasteiger partial charge on any atom is -0.455 e. The fourth-order valence-electron chi connectivity index (χ4n) is 8.20. The lowest BCUT2D eigenvalue weighted by molar-refractivity contribution is 0.670. The lowest BCUT2D eigenvalue weighted by Crippen LogP contribution is -2.03. The van der Waals surface area contributed by atoms with Gasteiger partial charge in [0, 0.05) is 55.4 Å². The molecule has 280 valence electrons. The number of hydrogen-bond acceptors (Lipinski definition) is 5. The SMILES string of the molecule is [2H]c1cc([2H])c2c(c1[2H])c1c([2H])c([2H])c([2H])c([2H])c1n2-c1ccccc1-c1nc(-c2cccc(-c3cccc4c3oc3ccc(-c5ccccc5)cc34)c2)nc(-c2ccc3ncccc3c2)n1. The summed E-state index contributed by atoms with van der Waals surface area (Å²) in [6, 6.07) is 46.5. The average Bonchev–Trinajstić information content (AvgIpc) is 3.94. The third kappa shape index (κ3) is 5.57. The van der Waals surface area contributed by atoms with Gasteiger partial charge in [-0.05, 0) is 83.4 Å². The third-order valence-electron chi connectivity index (χ3n) is 11.0. The first kappa shape index (κ1) is 27.4. The van der Waals surface area contributed by atoms with E-state index in [1.807, 2.05) is 103 Å². The Labute approximate surface area is 354 Å². The second-order valence-corrected chi connectivity index (χ2v) is 14.5. The van der Waals surface area contributed by atoms with Crippen LogP contribution in [-0.4, -0.2) is 24.5 Å². The molecular weight excluding hydrogens is 735 g/mol. The zero-order chi connectivity index (χ0) is 45.7. The van der Waals surface area contributed by atoms with Crippen LogP contribution in [0.1, 0.15) is 9.60 Å². The average molecular weight is 775 g/mol. The molecule has 0 aliphatic carbocycles. The Bertz CT molecular complexity index is 4040. The van der Waals surface area contributed by atoms with Crippen LogP contribution in [0, 0.1) is 0 Å². The van der Waals surface area contributed by atoms with E-state index >= 15 is 0 Å². The molecule has 0 N–H and O–H groups in total. The molecule has 6 nitrogen and oxygen atoms in total. The van der Waals surface area contributed by atoms with Crippen LogP contribution in [-0.2, 0) is 0 Å². The van der Waals surface area contributed by atoms with E-state index in [0.717, 1.165) is 55.1 Å². The summed E-state index contributed by atoms with van der Waals surface area (Å²) in [5.74, 6) is 0.994. The van der Waals surface area contributed by atoms with Crippen LogP contribution >= 0.6 is 0 Å². The summed E-state index contributed by atoms with van der Waals surface area (Å²) in [5, 5.41) is 3.04. The molecule has 0 saturated carbocycles. The van der Waals surface area contributed by atoms with E-state index in [1.54, 1.807) is 22.9 Å². The number of pyridine rings is 1. The molecule has 4 aromatic heterocycles. The minimum absolute atomic E-state index is 0.0538. The van der Waals surface area contributed by atoms with E-state index in [-0.39, 0.29) is 57.8 Å². The number of rotatable bonds is 6. The maximum Gasteiger partial charge on any atom is 0.166 e.